The number of nitrogens with one attached hydrogen (secondary N) is 1. The lowest BCUT2D eigenvalue weighted by atomic mass is 10.0. The molecule has 0 bridgehead atoms. The molecule has 3 unspecified atom stereocenters. The molecule has 1 aliphatic carbocycles. The first kappa shape index (κ1) is 12.3. The van der Waals surface area contributed by atoms with E-state index in [9.17, 15) is 0 Å². The minimum absolute atomic E-state index is 0.720. The van der Waals surface area contributed by atoms with Crippen LogP contribution in [-0.4, -0.2) is 62.2 Å². The van der Waals surface area contributed by atoms with E-state index in [-0.39, 0.29) is 0 Å². The summed E-state index contributed by atoms with van der Waals surface area (Å²) in [7, 11) is 6.71. The van der Waals surface area contributed by atoms with E-state index >= 15 is 0 Å². The second-order valence-electron chi connectivity index (χ2n) is 5.62. The largest absolute Gasteiger partial charge is 0.315 e. The molecule has 0 spiro atoms. The van der Waals surface area contributed by atoms with Crippen molar-refractivity contribution in [3.05, 3.63) is 0 Å². The molecule has 1 heterocycles. The first-order valence-electron chi connectivity index (χ1n) is 6.80. The smallest absolute Gasteiger partial charge is 0.0249 e. The molecule has 3 nitrogen and oxygen atoms in total. The molecule has 0 aromatic rings. The van der Waals surface area contributed by atoms with Gasteiger partial charge in [0.2, 0.25) is 0 Å². The normalized spacial score (nSPS) is 37.1. The Morgan fingerprint density at radius 1 is 1.19 bits per heavy atom. The van der Waals surface area contributed by atoms with E-state index in [1.165, 1.54) is 45.2 Å². The van der Waals surface area contributed by atoms with Crippen molar-refractivity contribution in [2.24, 2.45) is 0 Å². The average Bonchev–Trinajstić information content (AvgIpc) is 2.76. The summed E-state index contributed by atoms with van der Waals surface area (Å²) in [5.74, 6) is 0. The summed E-state index contributed by atoms with van der Waals surface area (Å²) < 4.78 is 0. The van der Waals surface area contributed by atoms with Crippen LogP contribution in [0.4, 0.5) is 0 Å². The Hall–Kier alpha value is -0.120. The van der Waals surface area contributed by atoms with E-state index in [1.54, 1.807) is 0 Å². The van der Waals surface area contributed by atoms with Crippen LogP contribution >= 0.6 is 0 Å². The van der Waals surface area contributed by atoms with E-state index < -0.39 is 0 Å². The van der Waals surface area contributed by atoms with Gasteiger partial charge < -0.3 is 10.2 Å². The van der Waals surface area contributed by atoms with Crippen molar-refractivity contribution in [3.63, 3.8) is 0 Å². The minimum atomic E-state index is 0.720. The molecule has 2 aliphatic rings. The van der Waals surface area contributed by atoms with Crippen molar-refractivity contribution in [2.45, 2.75) is 50.2 Å². The van der Waals surface area contributed by atoms with Crippen LogP contribution < -0.4 is 5.32 Å². The Morgan fingerprint density at radius 2 is 2.00 bits per heavy atom. The third-order valence-electron chi connectivity index (χ3n) is 4.55. The average molecular weight is 225 g/mol. The van der Waals surface area contributed by atoms with Crippen molar-refractivity contribution in [1.29, 1.82) is 0 Å². The van der Waals surface area contributed by atoms with Crippen LogP contribution in [0.2, 0.25) is 0 Å². The van der Waals surface area contributed by atoms with Crippen LogP contribution in [0.15, 0.2) is 0 Å². The van der Waals surface area contributed by atoms with Crippen molar-refractivity contribution >= 4 is 0 Å². The maximum atomic E-state index is 3.49. The van der Waals surface area contributed by atoms with Gasteiger partial charge in [-0.3, -0.25) is 4.90 Å². The molecule has 3 heteroatoms. The van der Waals surface area contributed by atoms with E-state index in [0.717, 1.165) is 18.1 Å². The monoisotopic (exact) mass is 225 g/mol. The van der Waals surface area contributed by atoms with Gasteiger partial charge >= 0.3 is 0 Å². The fourth-order valence-electron chi connectivity index (χ4n) is 3.51. The fraction of sp³-hybridized carbons (Fsp3) is 1.00. The topological polar surface area (TPSA) is 18.5 Å². The highest BCUT2D eigenvalue weighted by atomic mass is 15.2. The standard InChI is InChI=1S/C13H27N3/c1-14-12-7-4-8-13(12)16(3)11-6-5-9-15(2)10-11/h11-14H,4-10H2,1-3H3. The summed E-state index contributed by atoms with van der Waals surface area (Å²) in [4.78, 5) is 5.14. The first-order valence-corrected chi connectivity index (χ1v) is 6.80. The Morgan fingerprint density at radius 3 is 2.69 bits per heavy atom. The molecule has 0 aromatic carbocycles. The Labute approximate surface area is 100 Å². The summed E-state index contributed by atoms with van der Waals surface area (Å²) in [5, 5.41) is 3.49. The molecule has 1 N–H and O–H groups in total. The van der Waals surface area contributed by atoms with E-state index in [1.807, 2.05) is 0 Å². The van der Waals surface area contributed by atoms with Gasteiger partial charge in [-0.2, -0.15) is 0 Å². The molecular weight excluding hydrogens is 198 g/mol. The zero-order chi connectivity index (χ0) is 11.5. The number of nitrogens with zero attached hydrogens (tertiary/aromatic N) is 2. The van der Waals surface area contributed by atoms with E-state index in [0.29, 0.717) is 0 Å². The zero-order valence-electron chi connectivity index (χ0n) is 11.1. The van der Waals surface area contributed by atoms with Crippen LogP contribution in [-0.2, 0) is 0 Å². The van der Waals surface area contributed by atoms with Crippen LogP contribution in [0.1, 0.15) is 32.1 Å². The van der Waals surface area contributed by atoms with Crippen LogP contribution in [0.25, 0.3) is 0 Å². The lowest BCUT2D eigenvalue weighted by Crippen LogP contribution is -2.53. The zero-order valence-corrected chi connectivity index (χ0v) is 11.1. The quantitative estimate of drug-likeness (QED) is 0.777. The number of piperidine rings is 1. The lowest BCUT2D eigenvalue weighted by Gasteiger charge is -2.40. The van der Waals surface area contributed by atoms with Crippen molar-refractivity contribution in [3.8, 4) is 0 Å². The highest BCUT2D eigenvalue weighted by Gasteiger charge is 2.33. The predicted molar refractivity (Wildman–Crippen MR) is 68.8 cm³/mol. The molecule has 2 rings (SSSR count). The van der Waals surface area contributed by atoms with Crippen LogP contribution in [0, 0.1) is 0 Å². The van der Waals surface area contributed by atoms with Gasteiger partial charge in [0.15, 0.2) is 0 Å². The third-order valence-corrected chi connectivity index (χ3v) is 4.55. The number of hydrogen-bond donors (Lipinski definition) is 1. The highest BCUT2D eigenvalue weighted by molar-refractivity contribution is 4.92. The molecule has 0 aromatic heterocycles. The summed E-state index contributed by atoms with van der Waals surface area (Å²) in [6, 6.07) is 2.26. The molecule has 1 saturated heterocycles. The van der Waals surface area contributed by atoms with Gasteiger partial charge in [0.25, 0.3) is 0 Å². The SMILES string of the molecule is CNC1CCCC1N(C)C1CCCN(C)C1. The number of likely N-dealkylation sites (tertiary alicyclic amines) is 1. The van der Waals surface area contributed by atoms with Gasteiger partial charge in [-0.15, -0.1) is 0 Å². The fourth-order valence-corrected chi connectivity index (χ4v) is 3.51. The van der Waals surface area contributed by atoms with Gasteiger partial charge in [-0.1, -0.05) is 6.42 Å². The molecule has 1 saturated carbocycles. The van der Waals surface area contributed by atoms with Gasteiger partial charge in [0.1, 0.15) is 0 Å². The van der Waals surface area contributed by atoms with Gasteiger partial charge in [0.05, 0.1) is 0 Å². The molecule has 3 atom stereocenters. The van der Waals surface area contributed by atoms with Crippen molar-refractivity contribution < 1.29 is 0 Å². The minimum Gasteiger partial charge on any atom is -0.315 e. The van der Waals surface area contributed by atoms with Crippen LogP contribution in [0.3, 0.4) is 0 Å². The molecule has 1 aliphatic heterocycles. The molecular formula is C13H27N3. The summed E-state index contributed by atoms with van der Waals surface area (Å²) in [6.45, 7) is 2.54. The summed E-state index contributed by atoms with van der Waals surface area (Å²) in [5.41, 5.74) is 0. The van der Waals surface area contributed by atoms with E-state index in [4.69, 9.17) is 0 Å². The second kappa shape index (κ2) is 5.48. The molecule has 2 fully saturated rings. The van der Waals surface area contributed by atoms with Gasteiger partial charge in [-0.05, 0) is 53.4 Å². The highest BCUT2D eigenvalue weighted by Crippen LogP contribution is 2.26. The molecule has 0 amide bonds. The Bertz CT molecular complexity index is 219. The van der Waals surface area contributed by atoms with E-state index in [2.05, 4.69) is 36.3 Å². The second-order valence-corrected chi connectivity index (χ2v) is 5.62. The predicted octanol–water partition coefficient (Wildman–Crippen LogP) is 1.15. The van der Waals surface area contributed by atoms with Crippen molar-refractivity contribution in [2.75, 3.05) is 34.2 Å². The van der Waals surface area contributed by atoms with Gasteiger partial charge in [0, 0.05) is 24.7 Å². The number of hydrogen-bond acceptors (Lipinski definition) is 3. The molecule has 16 heavy (non-hydrogen) atoms. The summed E-state index contributed by atoms with van der Waals surface area (Å²) >= 11 is 0. The third kappa shape index (κ3) is 2.58. The van der Waals surface area contributed by atoms with Crippen LogP contribution in [0.5, 0.6) is 0 Å². The van der Waals surface area contributed by atoms with Gasteiger partial charge in [-0.25, -0.2) is 0 Å². The molecule has 0 radical (unpaired) electrons. The maximum Gasteiger partial charge on any atom is 0.0249 e. The molecule has 94 valence electrons. The first-order chi connectivity index (χ1) is 7.72. The lowest BCUT2D eigenvalue weighted by molar-refractivity contribution is 0.0903. The number of rotatable bonds is 3. The number of likely N-dealkylation sites (N-methyl/N-ethyl adjacent to an activating group) is 3. The maximum absolute atomic E-state index is 3.49. The Balaban J connectivity index is 1.92. The Kier molecular flexibility index (Phi) is 4.22. The van der Waals surface area contributed by atoms with Crippen molar-refractivity contribution in [1.82, 2.24) is 15.1 Å². The summed E-state index contributed by atoms with van der Waals surface area (Å²) in [6.07, 6.45) is 6.87.